The molecule has 0 spiro atoms. The van der Waals surface area contributed by atoms with E-state index in [4.69, 9.17) is 4.74 Å². The third kappa shape index (κ3) is 4.32. The van der Waals surface area contributed by atoms with E-state index in [1.807, 2.05) is 16.8 Å². The van der Waals surface area contributed by atoms with Crippen molar-refractivity contribution in [1.29, 1.82) is 0 Å². The number of thiophene rings is 1. The summed E-state index contributed by atoms with van der Waals surface area (Å²) < 4.78 is 5.83. The minimum Gasteiger partial charge on any atom is -0.454 e. The molecular formula is C18H17N3O5S. The summed E-state index contributed by atoms with van der Waals surface area (Å²) in [6.07, 6.45) is 0. The number of carbonyl (C=O) groups is 2. The van der Waals surface area contributed by atoms with Crippen LogP contribution in [0.2, 0.25) is 0 Å². The Bertz CT molecular complexity index is 1080. The lowest BCUT2D eigenvalue weighted by molar-refractivity contribution is -0.152. The second kappa shape index (κ2) is 8.00. The number of hydrogen-bond donors (Lipinski definition) is 1. The van der Waals surface area contributed by atoms with Crippen LogP contribution in [0.1, 0.15) is 5.56 Å². The van der Waals surface area contributed by atoms with Crippen molar-refractivity contribution in [3.63, 3.8) is 0 Å². The number of nitrogens with one attached hydrogen (secondary N) is 1. The van der Waals surface area contributed by atoms with E-state index in [-0.39, 0.29) is 16.7 Å². The number of rotatable bonds is 6. The molecule has 3 aromatic rings. The Hall–Kier alpha value is -3.20. The van der Waals surface area contributed by atoms with Crippen molar-refractivity contribution < 1.29 is 14.3 Å². The highest BCUT2D eigenvalue weighted by Crippen LogP contribution is 2.08. The molecule has 0 bridgehead atoms. The van der Waals surface area contributed by atoms with E-state index in [1.54, 1.807) is 19.2 Å². The standard InChI is InChI=1S/C18H17N3O5S/c1-20(8-12-6-7-27-11-12)15(22)10-26-16(23)9-21-18(25)14-5-3-2-4-13(14)17(24)19-21/h2-7,11H,8-10H2,1H3,(H,19,24). The Morgan fingerprint density at radius 3 is 2.63 bits per heavy atom. The van der Waals surface area contributed by atoms with Gasteiger partial charge in [0.15, 0.2) is 6.61 Å². The topological polar surface area (TPSA) is 101 Å². The number of likely N-dealkylation sites (N-methyl/N-ethyl adjacent to an activating group) is 1. The number of benzene rings is 1. The Balaban J connectivity index is 1.62. The van der Waals surface area contributed by atoms with Gasteiger partial charge in [-0.15, -0.1) is 0 Å². The van der Waals surface area contributed by atoms with E-state index in [0.29, 0.717) is 6.54 Å². The molecule has 0 radical (unpaired) electrons. The van der Waals surface area contributed by atoms with Gasteiger partial charge in [-0.1, -0.05) is 12.1 Å². The Morgan fingerprint density at radius 2 is 1.93 bits per heavy atom. The number of aromatic nitrogens is 2. The molecule has 0 aliphatic rings. The summed E-state index contributed by atoms with van der Waals surface area (Å²) >= 11 is 1.53. The van der Waals surface area contributed by atoms with E-state index in [1.165, 1.54) is 28.4 Å². The fourth-order valence-electron chi connectivity index (χ4n) is 2.53. The molecular weight excluding hydrogens is 370 g/mol. The second-order valence-corrected chi connectivity index (χ2v) is 6.70. The van der Waals surface area contributed by atoms with Crippen LogP contribution in [0.15, 0.2) is 50.7 Å². The smallest absolute Gasteiger partial charge is 0.328 e. The zero-order valence-electron chi connectivity index (χ0n) is 14.5. The number of hydrogen-bond acceptors (Lipinski definition) is 6. The van der Waals surface area contributed by atoms with Crippen LogP contribution in [0.5, 0.6) is 0 Å². The first-order chi connectivity index (χ1) is 13.0. The highest BCUT2D eigenvalue weighted by atomic mass is 32.1. The first-order valence-corrected chi connectivity index (χ1v) is 9.02. The molecule has 140 valence electrons. The van der Waals surface area contributed by atoms with E-state index >= 15 is 0 Å². The molecule has 2 heterocycles. The summed E-state index contributed by atoms with van der Waals surface area (Å²) in [5, 5.41) is 6.64. The molecule has 1 amide bonds. The van der Waals surface area contributed by atoms with Crippen LogP contribution in [-0.2, 0) is 27.4 Å². The lowest BCUT2D eigenvalue weighted by Crippen LogP contribution is -2.35. The van der Waals surface area contributed by atoms with Crippen molar-refractivity contribution in [3.8, 4) is 0 Å². The Kier molecular flexibility index (Phi) is 5.51. The summed E-state index contributed by atoms with van der Waals surface area (Å²) in [7, 11) is 1.61. The van der Waals surface area contributed by atoms with Gasteiger partial charge < -0.3 is 9.64 Å². The van der Waals surface area contributed by atoms with Crippen LogP contribution >= 0.6 is 11.3 Å². The molecule has 3 rings (SSSR count). The molecule has 1 N–H and O–H groups in total. The van der Waals surface area contributed by atoms with Crippen molar-refractivity contribution in [2.75, 3.05) is 13.7 Å². The third-order valence-electron chi connectivity index (χ3n) is 3.95. The predicted octanol–water partition coefficient (Wildman–Crippen LogP) is 0.953. The number of nitrogens with zero attached hydrogens (tertiary/aromatic N) is 2. The lowest BCUT2D eigenvalue weighted by Gasteiger charge is -2.16. The molecule has 0 unspecified atom stereocenters. The summed E-state index contributed by atoms with van der Waals surface area (Å²) in [5.41, 5.74) is -0.00454. The van der Waals surface area contributed by atoms with Gasteiger partial charge in [-0.05, 0) is 34.5 Å². The van der Waals surface area contributed by atoms with Crippen molar-refractivity contribution in [2.24, 2.45) is 0 Å². The van der Waals surface area contributed by atoms with Crippen LogP contribution in [0.3, 0.4) is 0 Å². The number of ether oxygens (including phenoxy) is 1. The van der Waals surface area contributed by atoms with E-state index in [9.17, 15) is 19.2 Å². The number of H-pyrrole nitrogens is 1. The van der Waals surface area contributed by atoms with Gasteiger partial charge in [0.1, 0.15) is 6.54 Å². The monoisotopic (exact) mass is 387 g/mol. The molecule has 0 atom stereocenters. The van der Waals surface area contributed by atoms with Crippen molar-refractivity contribution in [2.45, 2.75) is 13.1 Å². The van der Waals surface area contributed by atoms with Crippen LogP contribution in [0.25, 0.3) is 10.8 Å². The lowest BCUT2D eigenvalue weighted by atomic mass is 10.2. The fourth-order valence-corrected chi connectivity index (χ4v) is 3.19. The van der Waals surface area contributed by atoms with Crippen LogP contribution < -0.4 is 11.1 Å². The summed E-state index contributed by atoms with van der Waals surface area (Å²) in [6, 6.07) is 8.22. The zero-order chi connectivity index (χ0) is 19.4. The molecule has 9 heteroatoms. The summed E-state index contributed by atoms with van der Waals surface area (Å²) in [4.78, 5) is 49.8. The van der Waals surface area contributed by atoms with Gasteiger partial charge in [-0.2, -0.15) is 11.3 Å². The SMILES string of the molecule is CN(Cc1ccsc1)C(=O)COC(=O)Cn1[nH]c(=O)c2ccccc2c1=O. The van der Waals surface area contributed by atoms with Crippen LogP contribution in [-0.4, -0.2) is 40.2 Å². The van der Waals surface area contributed by atoms with Gasteiger partial charge in [0.2, 0.25) is 0 Å². The second-order valence-electron chi connectivity index (χ2n) is 5.92. The molecule has 0 saturated carbocycles. The highest BCUT2D eigenvalue weighted by Gasteiger charge is 2.15. The zero-order valence-corrected chi connectivity index (χ0v) is 15.3. The maximum absolute atomic E-state index is 12.4. The summed E-state index contributed by atoms with van der Waals surface area (Å²) in [5.74, 6) is -1.16. The third-order valence-corrected chi connectivity index (χ3v) is 4.69. The van der Waals surface area contributed by atoms with Gasteiger partial charge in [0.25, 0.3) is 17.0 Å². The number of amides is 1. The first-order valence-electron chi connectivity index (χ1n) is 8.08. The maximum atomic E-state index is 12.4. The molecule has 0 saturated heterocycles. The predicted molar refractivity (Wildman–Crippen MR) is 101 cm³/mol. The minimum atomic E-state index is -0.791. The average Bonchev–Trinajstić information content (AvgIpc) is 3.17. The van der Waals surface area contributed by atoms with Crippen molar-refractivity contribution >= 4 is 34.0 Å². The van der Waals surface area contributed by atoms with Crippen LogP contribution in [0, 0.1) is 0 Å². The van der Waals surface area contributed by atoms with Gasteiger partial charge in [0, 0.05) is 13.6 Å². The molecule has 1 aromatic carbocycles. The fraction of sp³-hybridized carbons (Fsp3) is 0.222. The molecule has 8 nitrogen and oxygen atoms in total. The minimum absolute atomic E-state index is 0.209. The van der Waals surface area contributed by atoms with E-state index < -0.39 is 30.2 Å². The molecule has 27 heavy (non-hydrogen) atoms. The molecule has 0 fully saturated rings. The Morgan fingerprint density at radius 1 is 1.19 bits per heavy atom. The number of fused-ring (bicyclic) bond motifs is 1. The van der Waals surface area contributed by atoms with Crippen molar-refractivity contribution in [1.82, 2.24) is 14.7 Å². The molecule has 0 aliphatic heterocycles. The van der Waals surface area contributed by atoms with Gasteiger partial charge >= 0.3 is 5.97 Å². The normalized spacial score (nSPS) is 10.7. The van der Waals surface area contributed by atoms with Gasteiger partial charge in [0.05, 0.1) is 10.8 Å². The average molecular weight is 387 g/mol. The van der Waals surface area contributed by atoms with Gasteiger partial charge in [-0.25, -0.2) is 4.68 Å². The first kappa shape index (κ1) is 18.6. The highest BCUT2D eigenvalue weighted by molar-refractivity contribution is 7.07. The quantitative estimate of drug-likeness (QED) is 0.635. The maximum Gasteiger partial charge on any atom is 0.328 e. The van der Waals surface area contributed by atoms with Crippen molar-refractivity contribution in [3.05, 3.63) is 67.4 Å². The number of aromatic amines is 1. The molecule has 0 aliphatic carbocycles. The van der Waals surface area contributed by atoms with E-state index in [0.717, 1.165) is 10.2 Å². The van der Waals surface area contributed by atoms with E-state index in [2.05, 4.69) is 5.10 Å². The van der Waals surface area contributed by atoms with Crippen LogP contribution in [0.4, 0.5) is 0 Å². The molecule has 2 aromatic heterocycles. The number of esters is 1. The summed E-state index contributed by atoms with van der Waals surface area (Å²) in [6.45, 7) is -0.510. The number of carbonyl (C=O) groups excluding carboxylic acids is 2. The Labute approximate surface area is 157 Å². The largest absolute Gasteiger partial charge is 0.454 e. The van der Waals surface area contributed by atoms with Gasteiger partial charge in [-0.3, -0.25) is 24.3 Å².